The van der Waals surface area contributed by atoms with Crippen molar-refractivity contribution in [2.75, 3.05) is 32.8 Å². The SMILES string of the molecule is CC(C)(C)OC(=O)CN1CCC(C2C/N=C\COc3nc([N+](=O)[O-])cn32)CC1. The number of carbonyl (C=O) groups is 1. The molecule has 10 heteroatoms. The number of aliphatic imine (C=N–C) groups is 1. The third-order valence-electron chi connectivity index (χ3n) is 4.89. The highest BCUT2D eigenvalue weighted by Gasteiger charge is 2.34. The van der Waals surface area contributed by atoms with Gasteiger partial charge >= 0.3 is 17.8 Å². The van der Waals surface area contributed by atoms with Gasteiger partial charge in [0.2, 0.25) is 0 Å². The highest BCUT2D eigenvalue weighted by atomic mass is 16.6. The van der Waals surface area contributed by atoms with Gasteiger partial charge in [-0.2, -0.15) is 0 Å². The first-order chi connectivity index (χ1) is 13.2. The first-order valence-electron chi connectivity index (χ1n) is 9.51. The van der Waals surface area contributed by atoms with Crippen LogP contribution in [0.4, 0.5) is 5.82 Å². The van der Waals surface area contributed by atoms with Crippen LogP contribution in [-0.2, 0) is 9.53 Å². The third kappa shape index (κ3) is 5.06. The minimum absolute atomic E-state index is 0.0589. The number of ether oxygens (including phenoxy) is 2. The number of imidazole rings is 1. The van der Waals surface area contributed by atoms with Crippen LogP contribution in [0, 0.1) is 16.0 Å². The fraction of sp³-hybridized carbons (Fsp3) is 0.722. The minimum Gasteiger partial charge on any atom is -0.459 e. The van der Waals surface area contributed by atoms with Gasteiger partial charge in [0.25, 0.3) is 0 Å². The fourth-order valence-electron chi connectivity index (χ4n) is 3.66. The number of rotatable bonds is 4. The molecule has 28 heavy (non-hydrogen) atoms. The quantitative estimate of drug-likeness (QED) is 0.436. The molecule has 1 saturated heterocycles. The van der Waals surface area contributed by atoms with Crippen molar-refractivity contribution in [1.82, 2.24) is 14.5 Å². The van der Waals surface area contributed by atoms with Crippen molar-refractivity contribution in [2.24, 2.45) is 10.9 Å². The van der Waals surface area contributed by atoms with E-state index in [-0.39, 0.29) is 42.9 Å². The van der Waals surface area contributed by atoms with Crippen molar-refractivity contribution in [3.63, 3.8) is 0 Å². The van der Waals surface area contributed by atoms with Gasteiger partial charge in [-0.3, -0.25) is 19.3 Å². The van der Waals surface area contributed by atoms with E-state index in [0.29, 0.717) is 6.54 Å². The average molecular weight is 393 g/mol. The van der Waals surface area contributed by atoms with Crippen LogP contribution in [0.3, 0.4) is 0 Å². The molecule has 0 bridgehead atoms. The molecular formula is C18H27N5O5. The summed E-state index contributed by atoms with van der Waals surface area (Å²) in [4.78, 5) is 33.1. The van der Waals surface area contributed by atoms with Gasteiger partial charge in [0.15, 0.2) is 0 Å². The molecule has 0 aliphatic carbocycles. The second-order valence-electron chi connectivity index (χ2n) is 8.17. The molecule has 0 N–H and O–H groups in total. The van der Waals surface area contributed by atoms with Crippen molar-refractivity contribution in [3.8, 4) is 6.01 Å². The number of piperidine rings is 1. The normalized spacial score (nSPS) is 22.5. The molecule has 1 atom stereocenters. The molecule has 1 aromatic heterocycles. The number of hydrogen-bond donors (Lipinski definition) is 0. The topological polar surface area (TPSA) is 112 Å². The molecule has 10 nitrogen and oxygen atoms in total. The van der Waals surface area contributed by atoms with Crippen LogP contribution in [0.2, 0.25) is 0 Å². The first-order valence-corrected chi connectivity index (χ1v) is 9.51. The molecule has 2 aliphatic heterocycles. The number of nitrogens with zero attached hydrogens (tertiary/aromatic N) is 5. The van der Waals surface area contributed by atoms with Crippen molar-refractivity contribution >= 4 is 18.0 Å². The molecule has 1 fully saturated rings. The summed E-state index contributed by atoms with van der Waals surface area (Å²) in [7, 11) is 0. The summed E-state index contributed by atoms with van der Waals surface area (Å²) in [6.45, 7) is 8.14. The Balaban J connectivity index is 1.65. The van der Waals surface area contributed by atoms with Gasteiger partial charge in [0.05, 0.1) is 19.1 Å². The Morgan fingerprint density at radius 1 is 1.39 bits per heavy atom. The molecule has 0 spiro atoms. The number of carbonyl (C=O) groups excluding carboxylic acids is 1. The summed E-state index contributed by atoms with van der Waals surface area (Å²) in [6.07, 6.45) is 4.82. The summed E-state index contributed by atoms with van der Waals surface area (Å²) in [5, 5.41) is 11.1. The van der Waals surface area contributed by atoms with Crippen molar-refractivity contribution in [2.45, 2.75) is 45.3 Å². The molecule has 3 heterocycles. The molecule has 3 rings (SSSR count). The largest absolute Gasteiger partial charge is 0.459 e. The van der Waals surface area contributed by atoms with Crippen LogP contribution in [0.15, 0.2) is 11.2 Å². The molecule has 1 aromatic rings. The van der Waals surface area contributed by atoms with E-state index in [4.69, 9.17) is 9.47 Å². The maximum absolute atomic E-state index is 12.0. The number of likely N-dealkylation sites (tertiary alicyclic amines) is 1. The lowest BCUT2D eigenvalue weighted by Gasteiger charge is -2.36. The average Bonchev–Trinajstić information content (AvgIpc) is 2.98. The standard InChI is InChI=1S/C18H27N5O5/c1-18(2,3)28-16(24)12-21-7-4-13(5-8-21)14-10-19-6-9-27-17-20-15(23(25)26)11-22(14)17/h6,11,13-14H,4-5,7-10,12H2,1-3H3/b19-6-. The lowest BCUT2D eigenvalue weighted by Crippen LogP contribution is -2.41. The zero-order valence-electron chi connectivity index (χ0n) is 16.5. The van der Waals surface area contributed by atoms with Gasteiger partial charge in [-0.25, -0.2) is 0 Å². The lowest BCUT2D eigenvalue weighted by atomic mass is 9.89. The number of aromatic nitrogens is 2. The number of nitro groups is 1. The van der Waals surface area contributed by atoms with E-state index < -0.39 is 10.5 Å². The Hall–Kier alpha value is -2.49. The summed E-state index contributed by atoms with van der Waals surface area (Å²) < 4.78 is 12.7. The van der Waals surface area contributed by atoms with Crippen LogP contribution in [0.1, 0.15) is 39.7 Å². The van der Waals surface area contributed by atoms with E-state index in [1.165, 1.54) is 6.20 Å². The molecule has 154 valence electrons. The predicted molar refractivity (Wildman–Crippen MR) is 102 cm³/mol. The summed E-state index contributed by atoms with van der Waals surface area (Å²) >= 11 is 0. The van der Waals surface area contributed by atoms with E-state index in [9.17, 15) is 14.9 Å². The fourth-order valence-corrected chi connectivity index (χ4v) is 3.66. The Kier molecular flexibility index (Phi) is 5.97. The van der Waals surface area contributed by atoms with Gasteiger partial charge in [0.1, 0.15) is 18.4 Å². The number of esters is 1. The van der Waals surface area contributed by atoms with Gasteiger partial charge in [-0.05, 0) is 57.5 Å². The molecule has 0 saturated carbocycles. The molecule has 0 amide bonds. The first kappa shape index (κ1) is 20.2. The predicted octanol–water partition coefficient (Wildman–Crippen LogP) is 1.85. The Morgan fingerprint density at radius 2 is 2.11 bits per heavy atom. The molecule has 2 aliphatic rings. The maximum atomic E-state index is 12.0. The van der Waals surface area contributed by atoms with Crippen molar-refractivity contribution in [1.29, 1.82) is 0 Å². The summed E-state index contributed by atoms with van der Waals surface area (Å²) in [6, 6.07) is 0.204. The third-order valence-corrected chi connectivity index (χ3v) is 4.89. The number of hydrogen-bond acceptors (Lipinski definition) is 8. The van der Waals surface area contributed by atoms with Crippen LogP contribution in [-0.4, -0.2) is 69.9 Å². The monoisotopic (exact) mass is 393 g/mol. The van der Waals surface area contributed by atoms with Gasteiger partial charge in [0, 0.05) is 11.2 Å². The van der Waals surface area contributed by atoms with E-state index in [1.807, 2.05) is 20.8 Å². The van der Waals surface area contributed by atoms with E-state index in [2.05, 4.69) is 14.9 Å². The van der Waals surface area contributed by atoms with E-state index in [0.717, 1.165) is 25.9 Å². The molecule has 1 unspecified atom stereocenters. The Labute approximate surface area is 163 Å². The lowest BCUT2D eigenvalue weighted by molar-refractivity contribution is -0.389. The molecule has 0 aromatic carbocycles. The second kappa shape index (κ2) is 8.26. The number of fused-ring (bicyclic) bond motifs is 1. The van der Waals surface area contributed by atoms with Crippen LogP contribution in [0.5, 0.6) is 6.01 Å². The van der Waals surface area contributed by atoms with E-state index in [1.54, 1.807) is 10.8 Å². The van der Waals surface area contributed by atoms with E-state index >= 15 is 0 Å². The minimum atomic E-state index is -0.511. The molecular weight excluding hydrogens is 366 g/mol. The highest BCUT2D eigenvalue weighted by molar-refractivity contribution is 5.72. The Bertz CT molecular complexity index is 746. The van der Waals surface area contributed by atoms with Crippen LogP contribution < -0.4 is 4.74 Å². The smallest absolute Gasteiger partial charge is 0.414 e. The highest BCUT2D eigenvalue weighted by Crippen LogP contribution is 2.34. The molecule has 0 radical (unpaired) electrons. The van der Waals surface area contributed by atoms with Gasteiger partial charge in [-0.1, -0.05) is 0 Å². The van der Waals surface area contributed by atoms with Crippen LogP contribution in [0.25, 0.3) is 0 Å². The van der Waals surface area contributed by atoms with Gasteiger partial charge in [-0.15, -0.1) is 0 Å². The van der Waals surface area contributed by atoms with Gasteiger partial charge < -0.3 is 19.6 Å². The van der Waals surface area contributed by atoms with Crippen molar-refractivity contribution < 1.29 is 19.2 Å². The Morgan fingerprint density at radius 3 is 2.75 bits per heavy atom. The maximum Gasteiger partial charge on any atom is 0.414 e. The summed E-state index contributed by atoms with van der Waals surface area (Å²) in [5.74, 6) is -0.173. The van der Waals surface area contributed by atoms with Crippen LogP contribution >= 0.6 is 0 Å². The zero-order chi connectivity index (χ0) is 20.3. The second-order valence-corrected chi connectivity index (χ2v) is 8.17. The van der Waals surface area contributed by atoms with Crippen molar-refractivity contribution in [3.05, 3.63) is 16.3 Å². The summed E-state index contributed by atoms with van der Waals surface area (Å²) in [5.41, 5.74) is -0.487. The zero-order valence-corrected chi connectivity index (χ0v) is 16.5.